The number of nitrogens with zero attached hydrogens (tertiary/aromatic N) is 2. The number of piperidine rings is 1. The van der Waals surface area contributed by atoms with Crippen LogP contribution in [0.5, 0.6) is 0 Å². The summed E-state index contributed by atoms with van der Waals surface area (Å²) >= 11 is 0. The van der Waals surface area contributed by atoms with Crippen molar-refractivity contribution in [3.8, 4) is 0 Å². The number of carbonyl (C=O) groups is 3. The van der Waals surface area contributed by atoms with Crippen LogP contribution < -0.4 is 0 Å². The van der Waals surface area contributed by atoms with Crippen molar-refractivity contribution < 1.29 is 24.2 Å². The van der Waals surface area contributed by atoms with Crippen LogP contribution in [0, 0.1) is 0 Å². The van der Waals surface area contributed by atoms with E-state index in [2.05, 4.69) is 0 Å². The lowest BCUT2D eigenvalue weighted by Crippen LogP contribution is -2.54. The van der Waals surface area contributed by atoms with Gasteiger partial charge in [0.25, 0.3) is 0 Å². The molecule has 0 aromatic carbocycles. The van der Waals surface area contributed by atoms with E-state index in [1.807, 2.05) is 0 Å². The van der Waals surface area contributed by atoms with Crippen LogP contribution >= 0.6 is 0 Å². The minimum Gasteiger partial charge on any atom is -0.480 e. The summed E-state index contributed by atoms with van der Waals surface area (Å²) in [6.45, 7) is 4.30. The molecule has 1 rings (SSSR count). The molecule has 0 bridgehead atoms. The van der Waals surface area contributed by atoms with Crippen LogP contribution in [0.1, 0.15) is 33.1 Å². The van der Waals surface area contributed by atoms with Gasteiger partial charge >= 0.3 is 18.0 Å². The van der Waals surface area contributed by atoms with Gasteiger partial charge in [-0.15, -0.1) is 0 Å². The lowest BCUT2D eigenvalue weighted by atomic mass is 10.0. The molecule has 7 heteroatoms. The number of carboxylic acids is 1. The van der Waals surface area contributed by atoms with Crippen LogP contribution in [0.15, 0.2) is 0 Å². The van der Waals surface area contributed by atoms with Gasteiger partial charge in [0, 0.05) is 13.1 Å². The highest BCUT2D eigenvalue weighted by Gasteiger charge is 2.34. The predicted molar refractivity (Wildman–Crippen MR) is 71.3 cm³/mol. The number of hydrogen-bond donors (Lipinski definition) is 1. The molecule has 0 radical (unpaired) electrons. The fraction of sp³-hybridized carbons (Fsp3) is 0.769. The molecule has 20 heavy (non-hydrogen) atoms. The number of likely N-dealkylation sites (tertiary alicyclic amines) is 1. The van der Waals surface area contributed by atoms with Crippen LogP contribution in [-0.4, -0.2) is 65.2 Å². The molecule has 1 aliphatic heterocycles. The minimum atomic E-state index is -0.995. The summed E-state index contributed by atoms with van der Waals surface area (Å²) in [7, 11) is 0. The first-order valence-corrected chi connectivity index (χ1v) is 6.95. The Morgan fingerprint density at radius 3 is 2.55 bits per heavy atom. The summed E-state index contributed by atoms with van der Waals surface area (Å²) < 4.78 is 4.82. The molecule has 1 unspecified atom stereocenters. The van der Waals surface area contributed by atoms with Crippen LogP contribution in [0.25, 0.3) is 0 Å². The summed E-state index contributed by atoms with van der Waals surface area (Å²) in [5.41, 5.74) is 0. The molecule has 0 aromatic heterocycles. The topological polar surface area (TPSA) is 87.2 Å². The van der Waals surface area contributed by atoms with Gasteiger partial charge in [0.2, 0.25) is 0 Å². The number of esters is 1. The van der Waals surface area contributed by atoms with Gasteiger partial charge in [-0.1, -0.05) is 0 Å². The molecule has 1 atom stereocenters. The Bertz CT molecular complexity index is 372. The molecule has 0 saturated carbocycles. The molecule has 1 heterocycles. The zero-order chi connectivity index (χ0) is 15.1. The number of urea groups is 1. The lowest BCUT2D eigenvalue weighted by Gasteiger charge is -2.36. The van der Waals surface area contributed by atoms with Gasteiger partial charge in [-0.25, -0.2) is 9.59 Å². The molecule has 0 spiro atoms. The highest BCUT2D eigenvalue weighted by molar-refractivity contribution is 5.85. The molecule has 1 saturated heterocycles. The van der Waals surface area contributed by atoms with E-state index in [1.54, 1.807) is 13.8 Å². The number of carbonyl (C=O) groups excluding carboxylic acids is 2. The third-order valence-electron chi connectivity index (χ3n) is 3.31. The summed E-state index contributed by atoms with van der Waals surface area (Å²) in [5, 5.41) is 9.17. The van der Waals surface area contributed by atoms with Crippen LogP contribution in [-0.2, 0) is 14.3 Å². The van der Waals surface area contributed by atoms with Crippen LogP contribution in [0.4, 0.5) is 4.79 Å². The summed E-state index contributed by atoms with van der Waals surface area (Å²) in [5.74, 6) is -1.48. The fourth-order valence-corrected chi connectivity index (χ4v) is 2.28. The Morgan fingerprint density at radius 1 is 1.30 bits per heavy atom. The summed E-state index contributed by atoms with van der Waals surface area (Å²) in [4.78, 5) is 37.7. The number of rotatable bonds is 5. The smallest absolute Gasteiger partial charge is 0.326 e. The minimum absolute atomic E-state index is 0.147. The summed E-state index contributed by atoms with van der Waals surface area (Å²) in [6.07, 6.45) is 2.04. The van der Waals surface area contributed by atoms with Gasteiger partial charge in [-0.2, -0.15) is 0 Å². The number of ether oxygens (including phenoxy) is 1. The average Bonchev–Trinajstić information content (AvgIpc) is 2.44. The predicted octanol–water partition coefficient (Wildman–Crippen LogP) is 0.931. The Balaban J connectivity index is 2.72. The molecule has 1 fully saturated rings. The Labute approximate surface area is 118 Å². The van der Waals surface area contributed by atoms with Crippen molar-refractivity contribution in [3.05, 3.63) is 0 Å². The monoisotopic (exact) mass is 286 g/mol. The van der Waals surface area contributed by atoms with Crippen molar-refractivity contribution in [1.29, 1.82) is 0 Å². The molecular weight excluding hydrogens is 264 g/mol. The van der Waals surface area contributed by atoms with Crippen LogP contribution in [0.3, 0.4) is 0 Å². The number of hydrogen-bond acceptors (Lipinski definition) is 4. The first-order chi connectivity index (χ1) is 9.51. The van der Waals surface area contributed by atoms with Crippen molar-refractivity contribution >= 4 is 18.0 Å². The Morgan fingerprint density at radius 2 is 2.00 bits per heavy atom. The normalized spacial score (nSPS) is 18.5. The van der Waals surface area contributed by atoms with Gasteiger partial charge in [0.05, 0.1) is 6.61 Å². The molecule has 114 valence electrons. The maximum Gasteiger partial charge on any atom is 0.326 e. The van der Waals surface area contributed by atoms with Crippen molar-refractivity contribution in [2.45, 2.75) is 39.2 Å². The third kappa shape index (κ3) is 4.11. The second-order valence-corrected chi connectivity index (χ2v) is 4.64. The number of likely N-dealkylation sites (N-methyl/N-ethyl adjacent to an activating group) is 1. The Kier molecular flexibility index (Phi) is 6.27. The van der Waals surface area contributed by atoms with E-state index in [-0.39, 0.29) is 13.2 Å². The fourth-order valence-electron chi connectivity index (χ4n) is 2.28. The van der Waals surface area contributed by atoms with Crippen LogP contribution in [0.2, 0.25) is 0 Å². The van der Waals surface area contributed by atoms with Crippen molar-refractivity contribution in [3.63, 3.8) is 0 Å². The number of amides is 2. The maximum absolute atomic E-state index is 12.4. The van der Waals surface area contributed by atoms with E-state index >= 15 is 0 Å². The summed E-state index contributed by atoms with van der Waals surface area (Å²) in [6, 6.07) is -1.21. The zero-order valence-electron chi connectivity index (χ0n) is 12.0. The van der Waals surface area contributed by atoms with Gasteiger partial charge < -0.3 is 19.6 Å². The molecular formula is C13H22N2O5. The Hall–Kier alpha value is -1.79. The highest BCUT2D eigenvalue weighted by Crippen LogP contribution is 2.19. The molecule has 1 aliphatic rings. The molecule has 0 aliphatic carbocycles. The van der Waals surface area contributed by atoms with E-state index in [0.717, 1.165) is 12.8 Å². The molecule has 7 nitrogen and oxygen atoms in total. The number of aliphatic carboxylic acids is 1. The van der Waals surface area contributed by atoms with Gasteiger partial charge in [-0.05, 0) is 33.1 Å². The second-order valence-electron chi connectivity index (χ2n) is 4.64. The molecule has 1 N–H and O–H groups in total. The quantitative estimate of drug-likeness (QED) is 0.760. The largest absolute Gasteiger partial charge is 0.480 e. The molecule has 2 amide bonds. The first-order valence-electron chi connectivity index (χ1n) is 6.95. The third-order valence-corrected chi connectivity index (χ3v) is 3.31. The van der Waals surface area contributed by atoms with E-state index in [4.69, 9.17) is 4.74 Å². The SMILES string of the molecule is CCOC(=O)CN(CC)C(=O)N1CCCCC1C(=O)O. The lowest BCUT2D eigenvalue weighted by molar-refractivity contribution is -0.144. The van der Waals surface area contributed by atoms with Gasteiger partial charge in [-0.3, -0.25) is 4.79 Å². The second kappa shape index (κ2) is 7.72. The highest BCUT2D eigenvalue weighted by atomic mass is 16.5. The van der Waals surface area contributed by atoms with Crippen molar-refractivity contribution in [2.75, 3.05) is 26.2 Å². The van der Waals surface area contributed by atoms with E-state index in [1.165, 1.54) is 9.80 Å². The van der Waals surface area contributed by atoms with Gasteiger partial charge in [0.1, 0.15) is 12.6 Å². The van der Waals surface area contributed by atoms with E-state index in [9.17, 15) is 19.5 Å². The maximum atomic E-state index is 12.4. The first kappa shape index (κ1) is 16.3. The van der Waals surface area contributed by atoms with E-state index in [0.29, 0.717) is 19.5 Å². The molecule has 0 aromatic rings. The van der Waals surface area contributed by atoms with E-state index < -0.39 is 24.0 Å². The average molecular weight is 286 g/mol. The standard InChI is InChI=1S/C13H22N2O5/c1-3-14(9-11(16)20-4-2)13(19)15-8-6-5-7-10(15)12(17)18/h10H,3-9H2,1-2H3,(H,17,18). The van der Waals surface area contributed by atoms with Gasteiger partial charge in [0.15, 0.2) is 0 Å². The zero-order valence-corrected chi connectivity index (χ0v) is 12.0. The van der Waals surface area contributed by atoms with Crippen molar-refractivity contribution in [2.24, 2.45) is 0 Å². The number of carboxylic acid groups (broad SMARTS) is 1. The van der Waals surface area contributed by atoms with Crippen molar-refractivity contribution in [1.82, 2.24) is 9.80 Å².